The fraction of sp³-hybridized carbons (Fsp3) is 0.174. The van der Waals surface area contributed by atoms with Gasteiger partial charge in [-0.3, -0.25) is 4.79 Å². The Balaban J connectivity index is 1.71. The minimum Gasteiger partial charge on any atom is -0.496 e. The monoisotopic (exact) mass is 377 g/mol. The van der Waals surface area contributed by atoms with Gasteiger partial charge in [-0.05, 0) is 35.9 Å². The molecule has 0 radical (unpaired) electrons. The van der Waals surface area contributed by atoms with Crippen LogP contribution in [0.15, 0.2) is 72.8 Å². The normalized spacial score (nSPS) is 10.4. The molecule has 0 spiro atoms. The maximum atomic E-state index is 12.7. The van der Waals surface area contributed by atoms with Gasteiger partial charge < -0.3 is 19.5 Å². The van der Waals surface area contributed by atoms with Crippen LogP contribution >= 0.6 is 0 Å². The van der Waals surface area contributed by atoms with Gasteiger partial charge in [-0.15, -0.1) is 0 Å². The van der Waals surface area contributed by atoms with E-state index < -0.39 is 0 Å². The van der Waals surface area contributed by atoms with Crippen molar-refractivity contribution in [2.24, 2.45) is 0 Å². The van der Waals surface area contributed by atoms with Gasteiger partial charge in [0.05, 0.1) is 33.1 Å². The highest BCUT2D eigenvalue weighted by Gasteiger charge is 2.13. The summed E-state index contributed by atoms with van der Waals surface area (Å²) in [4.78, 5) is 12.7. The third kappa shape index (κ3) is 4.90. The van der Waals surface area contributed by atoms with Crippen LogP contribution in [0.4, 0.5) is 5.69 Å². The van der Waals surface area contributed by atoms with Crippen LogP contribution in [0.3, 0.4) is 0 Å². The molecule has 0 unspecified atom stereocenters. The lowest BCUT2D eigenvalue weighted by Gasteiger charge is -2.13. The van der Waals surface area contributed by atoms with Crippen LogP contribution in [0, 0.1) is 0 Å². The molecule has 0 aliphatic rings. The first-order valence-corrected chi connectivity index (χ1v) is 8.94. The molecule has 144 valence electrons. The molecule has 3 aromatic rings. The Morgan fingerprint density at radius 2 is 1.54 bits per heavy atom. The number of carbonyl (C=O) groups excluding carboxylic acids is 1. The third-order valence-corrected chi connectivity index (χ3v) is 4.27. The van der Waals surface area contributed by atoms with E-state index in [9.17, 15) is 4.79 Å². The van der Waals surface area contributed by atoms with E-state index in [1.54, 1.807) is 44.6 Å². The van der Waals surface area contributed by atoms with Gasteiger partial charge in [-0.25, -0.2) is 0 Å². The van der Waals surface area contributed by atoms with E-state index in [2.05, 4.69) is 5.32 Å². The molecule has 3 aromatic carbocycles. The Hall–Kier alpha value is -3.31. The molecule has 0 bridgehead atoms. The number of amides is 1. The SMILES string of the molecule is COc1ccc(C(=O)Nc2ccccc2OC)cc1COCc1ccccc1. The van der Waals surface area contributed by atoms with Crippen molar-refractivity contribution in [2.75, 3.05) is 19.5 Å². The summed E-state index contributed by atoms with van der Waals surface area (Å²) in [5.41, 5.74) is 3.04. The number of anilines is 1. The number of hydrogen-bond donors (Lipinski definition) is 1. The lowest BCUT2D eigenvalue weighted by Crippen LogP contribution is -2.13. The lowest BCUT2D eigenvalue weighted by molar-refractivity contribution is 0.102. The standard InChI is InChI=1S/C23H23NO4/c1-26-21-13-12-18(23(25)24-20-10-6-7-11-22(20)27-2)14-19(21)16-28-15-17-8-4-3-5-9-17/h3-14H,15-16H2,1-2H3,(H,24,25). The van der Waals surface area contributed by atoms with Gasteiger partial charge >= 0.3 is 0 Å². The molecule has 0 atom stereocenters. The summed E-state index contributed by atoms with van der Waals surface area (Å²) in [7, 11) is 3.17. The molecule has 1 N–H and O–H groups in total. The summed E-state index contributed by atoms with van der Waals surface area (Å²) in [6.45, 7) is 0.829. The van der Waals surface area contributed by atoms with Gasteiger partial charge in [-0.1, -0.05) is 42.5 Å². The first-order chi connectivity index (χ1) is 13.7. The van der Waals surface area contributed by atoms with Crippen LogP contribution in [0.1, 0.15) is 21.5 Å². The van der Waals surface area contributed by atoms with Crippen molar-refractivity contribution in [1.82, 2.24) is 0 Å². The number of methoxy groups -OCH3 is 2. The van der Waals surface area contributed by atoms with Crippen molar-refractivity contribution < 1.29 is 19.0 Å². The molecule has 0 aromatic heterocycles. The van der Waals surface area contributed by atoms with Crippen molar-refractivity contribution >= 4 is 11.6 Å². The first kappa shape index (κ1) is 19.5. The van der Waals surface area contributed by atoms with Gasteiger partial charge in [0, 0.05) is 11.1 Å². The van der Waals surface area contributed by atoms with E-state index in [4.69, 9.17) is 14.2 Å². The van der Waals surface area contributed by atoms with Gasteiger partial charge in [0.2, 0.25) is 0 Å². The summed E-state index contributed by atoms with van der Waals surface area (Å²) in [5.74, 6) is 1.06. The fourth-order valence-corrected chi connectivity index (χ4v) is 2.83. The lowest BCUT2D eigenvalue weighted by atomic mass is 10.1. The maximum absolute atomic E-state index is 12.7. The highest BCUT2D eigenvalue weighted by atomic mass is 16.5. The molecule has 1 amide bonds. The zero-order valence-electron chi connectivity index (χ0n) is 16.0. The van der Waals surface area contributed by atoms with Crippen LogP contribution in [-0.4, -0.2) is 20.1 Å². The van der Waals surface area contributed by atoms with Gasteiger partial charge in [0.25, 0.3) is 5.91 Å². The summed E-state index contributed by atoms with van der Waals surface area (Å²) in [6, 6.07) is 22.5. The number of rotatable bonds is 8. The van der Waals surface area contributed by atoms with Crippen LogP contribution in [0.25, 0.3) is 0 Å². The second-order valence-corrected chi connectivity index (χ2v) is 6.16. The minimum absolute atomic E-state index is 0.225. The van der Waals surface area contributed by atoms with Crippen molar-refractivity contribution in [2.45, 2.75) is 13.2 Å². The number of hydrogen-bond acceptors (Lipinski definition) is 4. The van der Waals surface area contributed by atoms with Crippen molar-refractivity contribution in [3.05, 3.63) is 89.5 Å². The zero-order valence-corrected chi connectivity index (χ0v) is 16.0. The molecule has 0 saturated carbocycles. The van der Waals surface area contributed by atoms with Crippen molar-refractivity contribution in [3.8, 4) is 11.5 Å². The first-order valence-electron chi connectivity index (χ1n) is 8.94. The average molecular weight is 377 g/mol. The smallest absolute Gasteiger partial charge is 0.255 e. The number of benzene rings is 3. The summed E-state index contributed by atoms with van der Waals surface area (Å²) in [5, 5.41) is 2.88. The molecular formula is C23H23NO4. The quantitative estimate of drug-likeness (QED) is 0.620. The van der Waals surface area contributed by atoms with Crippen LogP contribution in [-0.2, 0) is 18.0 Å². The topological polar surface area (TPSA) is 56.8 Å². The zero-order chi connectivity index (χ0) is 19.8. The molecule has 0 saturated heterocycles. The van der Waals surface area contributed by atoms with Crippen molar-refractivity contribution in [1.29, 1.82) is 0 Å². The second-order valence-electron chi connectivity index (χ2n) is 6.16. The van der Waals surface area contributed by atoms with Crippen molar-refractivity contribution in [3.63, 3.8) is 0 Å². The Kier molecular flexibility index (Phi) is 6.65. The number of para-hydroxylation sites is 2. The molecule has 0 heterocycles. The Bertz CT molecular complexity index is 925. The van der Waals surface area contributed by atoms with Crippen LogP contribution < -0.4 is 14.8 Å². The fourth-order valence-electron chi connectivity index (χ4n) is 2.83. The van der Waals surface area contributed by atoms with E-state index in [-0.39, 0.29) is 5.91 Å². The van der Waals surface area contributed by atoms with Crippen LogP contribution in [0.2, 0.25) is 0 Å². The molecule has 5 heteroatoms. The molecule has 0 aliphatic heterocycles. The highest BCUT2D eigenvalue weighted by molar-refractivity contribution is 6.05. The second kappa shape index (κ2) is 9.58. The van der Waals surface area contributed by atoms with Gasteiger partial charge in [0.1, 0.15) is 11.5 Å². The summed E-state index contributed by atoms with van der Waals surface area (Å²) >= 11 is 0. The molecule has 0 fully saturated rings. The molecular weight excluding hydrogens is 354 g/mol. The number of nitrogens with one attached hydrogen (secondary N) is 1. The van der Waals surface area contributed by atoms with E-state index in [1.807, 2.05) is 42.5 Å². The predicted molar refractivity (Wildman–Crippen MR) is 109 cm³/mol. The number of carbonyl (C=O) groups is 1. The minimum atomic E-state index is -0.225. The maximum Gasteiger partial charge on any atom is 0.255 e. The van der Waals surface area contributed by atoms with E-state index in [0.29, 0.717) is 36.0 Å². The van der Waals surface area contributed by atoms with E-state index >= 15 is 0 Å². The van der Waals surface area contributed by atoms with Gasteiger partial charge in [-0.2, -0.15) is 0 Å². The summed E-state index contributed by atoms with van der Waals surface area (Å²) in [6.07, 6.45) is 0. The number of ether oxygens (including phenoxy) is 3. The Labute approximate surface area is 164 Å². The summed E-state index contributed by atoms with van der Waals surface area (Å²) < 4.78 is 16.5. The molecule has 0 aliphatic carbocycles. The highest BCUT2D eigenvalue weighted by Crippen LogP contribution is 2.25. The molecule has 5 nitrogen and oxygen atoms in total. The third-order valence-electron chi connectivity index (χ3n) is 4.27. The Morgan fingerprint density at radius 3 is 2.29 bits per heavy atom. The Morgan fingerprint density at radius 1 is 0.821 bits per heavy atom. The van der Waals surface area contributed by atoms with Gasteiger partial charge in [0.15, 0.2) is 0 Å². The predicted octanol–water partition coefficient (Wildman–Crippen LogP) is 4.67. The van der Waals surface area contributed by atoms with E-state index in [0.717, 1.165) is 11.1 Å². The average Bonchev–Trinajstić information content (AvgIpc) is 2.74. The molecule has 3 rings (SSSR count). The van der Waals surface area contributed by atoms with E-state index in [1.165, 1.54) is 0 Å². The molecule has 28 heavy (non-hydrogen) atoms. The largest absolute Gasteiger partial charge is 0.496 e. The van der Waals surface area contributed by atoms with Crippen LogP contribution in [0.5, 0.6) is 11.5 Å².